The number of amides is 2. The first kappa shape index (κ1) is 22.5. The van der Waals surface area contributed by atoms with Crippen molar-refractivity contribution in [3.63, 3.8) is 0 Å². The smallest absolute Gasteiger partial charge is 0.319 e. The van der Waals surface area contributed by atoms with Crippen LogP contribution in [0.5, 0.6) is 0 Å². The van der Waals surface area contributed by atoms with E-state index >= 15 is 0 Å². The lowest BCUT2D eigenvalue weighted by Crippen LogP contribution is -2.29. The van der Waals surface area contributed by atoms with Gasteiger partial charge in [0.05, 0.1) is 11.0 Å². The predicted molar refractivity (Wildman–Crippen MR) is 131 cm³/mol. The van der Waals surface area contributed by atoms with Gasteiger partial charge in [-0.2, -0.15) is 0 Å². The molecule has 0 saturated carbocycles. The molecule has 0 fully saturated rings. The maximum Gasteiger partial charge on any atom is 0.319 e. The van der Waals surface area contributed by atoms with E-state index in [0.717, 1.165) is 66.4 Å². The summed E-state index contributed by atoms with van der Waals surface area (Å²) in [5.74, 6) is 1.15. The number of benzene rings is 2. The first-order valence-corrected chi connectivity index (χ1v) is 11.4. The average Bonchev–Trinajstić information content (AvgIpc) is 3.18. The summed E-state index contributed by atoms with van der Waals surface area (Å²) in [5.41, 5.74) is 9.47. The van der Waals surface area contributed by atoms with Crippen LogP contribution < -0.4 is 16.4 Å². The van der Waals surface area contributed by atoms with Crippen LogP contribution in [0.1, 0.15) is 38.4 Å². The van der Waals surface area contributed by atoms with Gasteiger partial charge in [0.15, 0.2) is 5.82 Å². The number of urea groups is 1. The third kappa shape index (κ3) is 5.22. The Kier molecular flexibility index (Phi) is 7.02. The van der Waals surface area contributed by atoms with Gasteiger partial charge in [-0.15, -0.1) is 0 Å². The fraction of sp³-hybridized carbons (Fsp3) is 0.320. The number of fused-ring (bicyclic) bond motifs is 3. The topological polar surface area (TPSA) is 97.9 Å². The molecular weight excluding hydrogens is 419 g/mol. The van der Waals surface area contributed by atoms with Gasteiger partial charge in [0.1, 0.15) is 17.2 Å². The third-order valence-corrected chi connectivity index (χ3v) is 5.64. The summed E-state index contributed by atoms with van der Waals surface area (Å²) < 4.78 is 15.3. The number of rotatable bonds is 9. The van der Waals surface area contributed by atoms with Crippen molar-refractivity contribution < 1.29 is 9.18 Å². The molecule has 0 aliphatic rings. The van der Waals surface area contributed by atoms with Gasteiger partial charge in [-0.1, -0.05) is 31.5 Å². The summed E-state index contributed by atoms with van der Waals surface area (Å²) in [6, 6.07) is 13.4. The highest BCUT2D eigenvalue weighted by atomic mass is 19.1. The van der Waals surface area contributed by atoms with E-state index in [1.54, 1.807) is 0 Å². The first-order chi connectivity index (χ1) is 16.1. The number of halogens is 1. The largest absolute Gasteiger partial charge is 0.382 e. The van der Waals surface area contributed by atoms with E-state index in [-0.39, 0.29) is 11.8 Å². The van der Waals surface area contributed by atoms with Crippen LogP contribution in [0, 0.1) is 5.82 Å². The highest BCUT2D eigenvalue weighted by Gasteiger charge is 2.16. The molecule has 0 radical (unpaired) electrons. The molecule has 0 unspecified atom stereocenters. The SMILES string of the molecule is CCCCc1nc2c(N)nc3ccccc3c2n1CCCCNC(=O)Nc1ccc(F)cc1. The molecule has 0 aliphatic carbocycles. The lowest BCUT2D eigenvalue weighted by atomic mass is 10.2. The Labute approximate surface area is 192 Å². The predicted octanol–water partition coefficient (Wildman–Crippen LogP) is 5.25. The Balaban J connectivity index is 1.43. The Hall–Kier alpha value is -3.68. The van der Waals surface area contributed by atoms with Crippen LogP contribution in [0.25, 0.3) is 21.9 Å². The zero-order valence-corrected chi connectivity index (χ0v) is 18.8. The van der Waals surface area contributed by atoms with Crippen molar-refractivity contribution in [2.75, 3.05) is 17.6 Å². The number of anilines is 2. The van der Waals surface area contributed by atoms with Gasteiger partial charge < -0.3 is 20.9 Å². The second kappa shape index (κ2) is 10.3. The second-order valence-corrected chi connectivity index (χ2v) is 8.09. The number of nitrogens with zero attached hydrogens (tertiary/aromatic N) is 3. The number of hydrogen-bond donors (Lipinski definition) is 3. The minimum Gasteiger partial charge on any atom is -0.382 e. The fourth-order valence-electron chi connectivity index (χ4n) is 3.98. The zero-order chi connectivity index (χ0) is 23.2. The number of nitrogen functional groups attached to an aromatic ring is 1. The molecule has 0 atom stereocenters. The number of nitrogens with two attached hydrogens (primary N) is 1. The Morgan fingerprint density at radius 3 is 2.64 bits per heavy atom. The van der Waals surface area contributed by atoms with Gasteiger partial charge in [0.2, 0.25) is 0 Å². The lowest BCUT2D eigenvalue weighted by molar-refractivity contribution is 0.252. The van der Waals surface area contributed by atoms with Gasteiger partial charge in [0.25, 0.3) is 0 Å². The lowest BCUT2D eigenvalue weighted by Gasteiger charge is -2.11. The molecule has 8 heteroatoms. The quantitative estimate of drug-likeness (QED) is 0.305. The highest BCUT2D eigenvalue weighted by Crippen LogP contribution is 2.29. The Morgan fingerprint density at radius 2 is 1.85 bits per heavy atom. The van der Waals surface area contributed by atoms with Crippen LogP contribution in [0.4, 0.5) is 20.7 Å². The summed E-state index contributed by atoms with van der Waals surface area (Å²) in [6.07, 6.45) is 4.71. The molecule has 33 heavy (non-hydrogen) atoms. The van der Waals surface area contributed by atoms with E-state index in [1.807, 2.05) is 18.2 Å². The van der Waals surface area contributed by atoms with E-state index in [1.165, 1.54) is 24.3 Å². The zero-order valence-electron chi connectivity index (χ0n) is 18.8. The number of aromatic nitrogens is 3. The molecule has 0 spiro atoms. The summed E-state index contributed by atoms with van der Waals surface area (Å²) in [5, 5.41) is 6.61. The second-order valence-electron chi connectivity index (χ2n) is 8.09. The summed E-state index contributed by atoms with van der Waals surface area (Å²) in [7, 11) is 0. The fourth-order valence-corrected chi connectivity index (χ4v) is 3.98. The molecule has 4 aromatic rings. The van der Waals surface area contributed by atoms with Crippen LogP contribution in [-0.2, 0) is 13.0 Å². The van der Waals surface area contributed by atoms with E-state index < -0.39 is 0 Å². The Bertz CT molecular complexity index is 1250. The van der Waals surface area contributed by atoms with Crippen LogP contribution >= 0.6 is 0 Å². The number of carbonyl (C=O) groups is 1. The first-order valence-electron chi connectivity index (χ1n) is 11.4. The van der Waals surface area contributed by atoms with Crippen LogP contribution in [0.15, 0.2) is 48.5 Å². The molecule has 4 N–H and O–H groups in total. The molecule has 0 bridgehead atoms. The van der Waals surface area contributed by atoms with E-state index in [9.17, 15) is 9.18 Å². The van der Waals surface area contributed by atoms with Gasteiger partial charge in [0, 0.05) is 30.6 Å². The molecule has 4 rings (SSSR count). The molecule has 2 amide bonds. The minimum absolute atomic E-state index is 0.303. The number of carbonyl (C=O) groups excluding carboxylic acids is 1. The average molecular weight is 449 g/mol. The van der Waals surface area contributed by atoms with Gasteiger partial charge in [-0.25, -0.2) is 19.2 Å². The van der Waals surface area contributed by atoms with Crippen molar-refractivity contribution in [2.24, 2.45) is 0 Å². The Morgan fingerprint density at radius 1 is 1.06 bits per heavy atom. The summed E-state index contributed by atoms with van der Waals surface area (Å²) in [4.78, 5) is 21.5. The number of aryl methyl sites for hydroxylation is 2. The molecule has 2 heterocycles. The van der Waals surface area contributed by atoms with Crippen molar-refractivity contribution in [1.82, 2.24) is 19.9 Å². The van der Waals surface area contributed by atoms with E-state index in [4.69, 9.17) is 10.7 Å². The number of hydrogen-bond acceptors (Lipinski definition) is 4. The number of unbranched alkanes of at least 4 members (excludes halogenated alkanes) is 2. The van der Waals surface area contributed by atoms with Crippen LogP contribution in [0.3, 0.4) is 0 Å². The van der Waals surface area contributed by atoms with Crippen LogP contribution in [0.2, 0.25) is 0 Å². The van der Waals surface area contributed by atoms with Crippen molar-refractivity contribution in [3.05, 3.63) is 60.2 Å². The van der Waals surface area contributed by atoms with E-state index in [2.05, 4.69) is 33.2 Å². The van der Waals surface area contributed by atoms with Gasteiger partial charge in [-0.3, -0.25) is 0 Å². The molecule has 0 aliphatic heterocycles. The summed E-state index contributed by atoms with van der Waals surface area (Å²) in [6.45, 7) is 3.49. The number of pyridine rings is 1. The van der Waals surface area contributed by atoms with E-state index in [0.29, 0.717) is 18.1 Å². The molecule has 2 aromatic heterocycles. The highest BCUT2D eigenvalue weighted by molar-refractivity contribution is 6.06. The molecular formula is C25H29FN6O. The number of para-hydroxylation sites is 1. The van der Waals surface area contributed by atoms with Crippen molar-refractivity contribution >= 4 is 39.5 Å². The van der Waals surface area contributed by atoms with Crippen LogP contribution in [-0.4, -0.2) is 27.1 Å². The molecule has 0 saturated heterocycles. The van der Waals surface area contributed by atoms with Crippen molar-refractivity contribution in [2.45, 2.75) is 45.6 Å². The minimum atomic E-state index is -0.336. The van der Waals surface area contributed by atoms with Gasteiger partial charge >= 0.3 is 6.03 Å². The van der Waals surface area contributed by atoms with Crippen molar-refractivity contribution in [3.8, 4) is 0 Å². The number of imidazole rings is 1. The monoisotopic (exact) mass is 448 g/mol. The molecule has 2 aromatic carbocycles. The number of nitrogens with one attached hydrogen (secondary N) is 2. The summed E-state index contributed by atoms with van der Waals surface area (Å²) >= 11 is 0. The third-order valence-electron chi connectivity index (χ3n) is 5.64. The van der Waals surface area contributed by atoms with Crippen molar-refractivity contribution in [1.29, 1.82) is 0 Å². The normalized spacial score (nSPS) is 11.2. The molecule has 7 nitrogen and oxygen atoms in total. The standard InChI is InChI=1S/C25H29FN6O/c1-2-3-10-21-31-22-23(19-8-4-5-9-20(19)30-24(22)27)32(21)16-7-6-15-28-25(33)29-18-13-11-17(26)12-14-18/h4-5,8-9,11-14H,2-3,6-7,10,15-16H2,1H3,(H2,27,30)(H2,28,29,33). The maximum atomic E-state index is 13.0. The maximum absolute atomic E-state index is 13.0. The van der Waals surface area contributed by atoms with Gasteiger partial charge in [-0.05, 0) is 49.6 Å². The molecule has 172 valence electrons.